The zero-order valence-corrected chi connectivity index (χ0v) is 11.5. The monoisotopic (exact) mass is 296 g/mol. The molecule has 19 heavy (non-hydrogen) atoms. The highest BCUT2D eigenvalue weighted by atomic mass is 35.5. The number of halogens is 4. The van der Waals surface area contributed by atoms with Gasteiger partial charge in [0.1, 0.15) is 11.6 Å². The van der Waals surface area contributed by atoms with Crippen LogP contribution < -0.4 is 10.2 Å². The van der Waals surface area contributed by atoms with E-state index in [-0.39, 0.29) is 23.3 Å². The molecule has 0 spiro atoms. The first-order valence-electron chi connectivity index (χ1n) is 5.95. The van der Waals surface area contributed by atoms with E-state index >= 15 is 0 Å². The Kier molecular flexibility index (Phi) is 5.65. The number of aromatic nitrogens is 2. The molecule has 0 bridgehead atoms. The third-order valence-corrected chi connectivity index (χ3v) is 2.49. The van der Waals surface area contributed by atoms with Gasteiger partial charge in [0.2, 0.25) is 5.95 Å². The molecule has 1 N–H and O–H groups in total. The largest absolute Gasteiger partial charge is 0.405 e. The summed E-state index contributed by atoms with van der Waals surface area (Å²) in [6.07, 6.45) is -2.43. The Hall–Kier alpha value is -1.24. The van der Waals surface area contributed by atoms with Crippen molar-refractivity contribution < 1.29 is 13.2 Å². The fourth-order valence-electron chi connectivity index (χ4n) is 1.57. The SMILES string of the molecule is CCCN(CC(F)(F)F)c1nc(NCC)ncc1Cl. The second-order valence-corrected chi connectivity index (χ2v) is 4.34. The molecule has 0 fully saturated rings. The number of rotatable bonds is 6. The molecule has 0 aliphatic heterocycles. The summed E-state index contributed by atoms with van der Waals surface area (Å²) < 4.78 is 37.7. The van der Waals surface area contributed by atoms with E-state index in [0.717, 1.165) is 4.90 Å². The molecule has 0 saturated carbocycles. The predicted molar refractivity (Wildman–Crippen MR) is 69.8 cm³/mol. The minimum absolute atomic E-state index is 0.104. The summed E-state index contributed by atoms with van der Waals surface area (Å²) in [5.74, 6) is 0.372. The first kappa shape index (κ1) is 15.8. The summed E-state index contributed by atoms with van der Waals surface area (Å²) in [5.41, 5.74) is 0. The first-order valence-corrected chi connectivity index (χ1v) is 6.33. The molecule has 1 aromatic heterocycles. The molecular weight excluding hydrogens is 281 g/mol. The summed E-state index contributed by atoms with van der Waals surface area (Å²) in [5, 5.41) is 2.96. The molecule has 0 atom stereocenters. The van der Waals surface area contributed by atoms with E-state index in [9.17, 15) is 13.2 Å². The van der Waals surface area contributed by atoms with Gasteiger partial charge in [0.05, 0.1) is 6.20 Å². The Morgan fingerprint density at radius 3 is 2.58 bits per heavy atom. The van der Waals surface area contributed by atoms with Gasteiger partial charge in [-0.15, -0.1) is 0 Å². The van der Waals surface area contributed by atoms with Crippen molar-refractivity contribution in [2.24, 2.45) is 0 Å². The lowest BCUT2D eigenvalue weighted by Gasteiger charge is -2.25. The molecule has 0 aliphatic rings. The van der Waals surface area contributed by atoms with Crippen molar-refractivity contribution in [3.05, 3.63) is 11.2 Å². The smallest absolute Gasteiger partial charge is 0.354 e. The van der Waals surface area contributed by atoms with Crippen molar-refractivity contribution in [2.45, 2.75) is 26.4 Å². The summed E-state index contributed by atoms with van der Waals surface area (Å²) in [7, 11) is 0. The summed E-state index contributed by atoms with van der Waals surface area (Å²) >= 11 is 5.89. The molecule has 0 aromatic carbocycles. The molecule has 0 saturated heterocycles. The van der Waals surface area contributed by atoms with Crippen LogP contribution in [0.3, 0.4) is 0 Å². The van der Waals surface area contributed by atoms with Gasteiger partial charge in [0, 0.05) is 13.1 Å². The van der Waals surface area contributed by atoms with E-state index in [2.05, 4.69) is 15.3 Å². The van der Waals surface area contributed by atoms with E-state index in [1.165, 1.54) is 6.20 Å². The standard InChI is InChI=1S/C11H16ClF3N4/c1-3-5-19(7-11(13,14)15)9-8(12)6-17-10(18-9)16-4-2/h6H,3-5,7H2,1-2H3,(H,16,17,18). The molecule has 1 heterocycles. The van der Waals surface area contributed by atoms with Gasteiger partial charge in [-0.1, -0.05) is 18.5 Å². The Labute approximate surface area is 115 Å². The van der Waals surface area contributed by atoms with Crippen LogP contribution in [0.4, 0.5) is 24.9 Å². The fourth-order valence-corrected chi connectivity index (χ4v) is 1.78. The number of alkyl halides is 3. The van der Waals surface area contributed by atoms with Crippen molar-refractivity contribution in [2.75, 3.05) is 29.9 Å². The second kappa shape index (κ2) is 6.79. The van der Waals surface area contributed by atoms with Gasteiger partial charge in [-0.05, 0) is 13.3 Å². The summed E-state index contributed by atoms with van der Waals surface area (Å²) in [4.78, 5) is 9.06. The van der Waals surface area contributed by atoms with Crippen LogP contribution in [0.15, 0.2) is 6.20 Å². The molecule has 108 valence electrons. The number of anilines is 2. The zero-order chi connectivity index (χ0) is 14.5. The van der Waals surface area contributed by atoms with Crippen LogP contribution in [0.5, 0.6) is 0 Å². The van der Waals surface area contributed by atoms with Crippen LogP contribution in [0.2, 0.25) is 5.02 Å². The maximum Gasteiger partial charge on any atom is 0.405 e. The van der Waals surface area contributed by atoms with Crippen molar-refractivity contribution >= 4 is 23.4 Å². The Morgan fingerprint density at radius 2 is 2.05 bits per heavy atom. The van der Waals surface area contributed by atoms with Gasteiger partial charge in [0.25, 0.3) is 0 Å². The van der Waals surface area contributed by atoms with Crippen LogP contribution >= 0.6 is 11.6 Å². The normalized spacial score (nSPS) is 11.5. The van der Waals surface area contributed by atoms with E-state index in [1.54, 1.807) is 6.92 Å². The van der Waals surface area contributed by atoms with E-state index in [0.29, 0.717) is 13.0 Å². The molecule has 4 nitrogen and oxygen atoms in total. The highest BCUT2D eigenvalue weighted by molar-refractivity contribution is 6.32. The van der Waals surface area contributed by atoms with Crippen molar-refractivity contribution in [3.8, 4) is 0 Å². The van der Waals surface area contributed by atoms with Crippen LogP contribution in [0.25, 0.3) is 0 Å². The number of nitrogens with zero attached hydrogens (tertiary/aromatic N) is 3. The molecule has 0 radical (unpaired) electrons. The maximum atomic E-state index is 12.6. The van der Waals surface area contributed by atoms with E-state index < -0.39 is 12.7 Å². The molecular formula is C11H16ClF3N4. The van der Waals surface area contributed by atoms with E-state index in [4.69, 9.17) is 11.6 Å². The van der Waals surface area contributed by atoms with Gasteiger partial charge in [-0.3, -0.25) is 0 Å². The van der Waals surface area contributed by atoms with Crippen molar-refractivity contribution in [1.29, 1.82) is 0 Å². The summed E-state index contributed by atoms with van der Waals surface area (Å²) in [6.45, 7) is 3.36. The summed E-state index contributed by atoms with van der Waals surface area (Å²) in [6, 6.07) is 0. The lowest BCUT2D eigenvalue weighted by molar-refractivity contribution is -0.119. The van der Waals surface area contributed by atoms with Gasteiger partial charge >= 0.3 is 6.18 Å². The first-order chi connectivity index (χ1) is 8.87. The van der Waals surface area contributed by atoms with Gasteiger partial charge < -0.3 is 10.2 Å². The zero-order valence-electron chi connectivity index (χ0n) is 10.8. The quantitative estimate of drug-likeness (QED) is 0.874. The Bertz CT molecular complexity index is 411. The minimum atomic E-state index is -4.30. The number of nitrogens with one attached hydrogen (secondary N) is 1. The van der Waals surface area contributed by atoms with Crippen molar-refractivity contribution in [1.82, 2.24) is 9.97 Å². The lowest BCUT2D eigenvalue weighted by Crippen LogP contribution is -2.35. The Morgan fingerprint density at radius 1 is 1.37 bits per heavy atom. The van der Waals surface area contributed by atoms with Crippen LogP contribution in [0.1, 0.15) is 20.3 Å². The Balaban J connectivity index is 3.03. The maximum absolute atomic E-state index is 12.6. The van der Waals surface area contributed by atoms with Crippen molar-refractivity contribution in [3.63, 3.8) is 0 Å². The van der Waals surface area contributed by atoms with Crippen LogP contribution in [-0.2, 0) is 0 Å². The van der Waals surface area contributed by atoms with Gasteiger partial charge in [-0.25, -0.2) is 4.98 Å². The highest BCUT2D eigenvalue weighted by Crippen LogP contribution is 2.27. The fraction of sp³-hybridized carbons (Fsp3) is 0.636. The van der Waals surface area contributed by atoms with Crippen LogP contribution in [-0.4, -0.2) is 35.8 Å². The number of hydrogen-bond acceptors (Lipinski definition) is 4. The topological polar surface area (TPSA) is 41.1 Å². The molecule has 1 aromatic rings. The van der Waals surface area contributed by atoms with Crippen LogP contribution in [0, 0.1) is 0 Å². The van der Waals surface area contributed by atoms with Gasteiger partial charge in [-0.2, -0.15) is 18.2 Å². The third kappa shape index (κ3) is 5.10. The predicted octanol–water partition coefficient (Wildman–Crippen LogP) is 3.34. The molecule has 8 heteroatoms. The molecule has 0 aliphatic carbocycles. The number of hydrogen-bond donors (Lipinski definition) is 1. The minimum Gasteiger partial charge on any atom is -0.354 e. The average molecular weight is 297 g/mol. The third-order valence-electron chi connectivity index (χ3n) is 2.22. The lowest BCUT2D eigenvalue weighted by atomic mass is 10.3. The highest BCUT2D eigenvalue weighted by Gasteiger charge is 2.32. The second-order valence-electron chi connectivity index (χ2n) is 3.93. The molecule has 1 rings (SSSR count). The van der Waals surface area contributed by atoms with Gasteiger partial charge in [0.15, 0.2) is 5.82 Å². The average Bonchev–Trinajstić information content (AvgIpc) is 2.30. The molecule has 0 amide bonds. The van der Waals surface area contributed by atoms with E-state index in [1.807, 2.05) is 6.92 Å². The molecule has 0 unspecified atom stereocenters.